The van der Waals surface area contributed by atoms with E-state index in [-0.39, 0.29) is 24.0 Å². The van der Waals surface area contributed by atoms with Crippen molar-refractivity contribution in [3.63, 3.8) is 0 Å². The summed E-state index contributed by atoms with van der Waals surface area (Å²) in [4.78, 5) is 15.6. The second kappa shape index (κ2) is 5.77. The Kier molecular flexibility index (Phi) is 4.62. The van der Waals surface area contributed by atoms with Crippen LogP contribution in [0.2, 0.25) is 0 Å². The number of rotatable bonds is 6. The van der Waals surface area contributed by atoms with Gasteiger partial charge in [0, 0.05) is 13.2 Å². The van der Waals surface area contributed by atoms with Crippen molar-refractivity contribution in [3.05, 3.63) is 12.7 Å². The number of hydrogen-bond donors (Lipinski definition) is 2. The largest absolute Gasteiger partial charge is 0.396 e. The summed E-state index contributed by atoms with van der Waals surface area (Å²) in [5.41, 5.74) is -0.105. The van der Waals surface area contributed by atoms with Gasteiger partial charge < -0.3 is 10.4 Å². The summed E-state index contributed by atoms with van der Waals surface area (Å²) in [5, 5.41) is 15.7. The van der Waals surface area contributed by atoms with Crippen molar-refractivity contribution in [1.82, 2.24) is 20.1 Å². The Bertz CT molecular complexity index is 348. The predicted octanol–water partition coefficient (Wildman–Crippen LogP) is 0.364. The molecule has 1 aromatic heterocycles. The monoisotopic (exact) mass is 240 g/mol. The molecule has 1 heterocycles. The fourth-order valence-corrected chi connectivity index (χ4v) is 1.40. The third-order valence-electron chi connectivity index (χ3n) is 2.74. The lowest BCUT2D eigenvalue weighted by Gasteiger charge is -2.24. The second-order valence-electron chi connectivity index (χ2n) is 4.91. The maximum atomic E-state index is 11.8. The molecule has 1 aromatic rings. The molecule has 1 atom stereocenters. The molecule has 1 amide bonds. The molecule has 0 saturated carbocycles. The number of aromatic nitrogens is 3. The minimum Gasteiger partial charge on any atom is -0.396 e. The van der Waals surface area contributed by atoms with Crippen LogP contribution in [0.4, 0.5) is 0 Å². The van der Waals surface area contributed by atoms with E-state index in [1.165, 1.54) is 17.3 Å². The van der Waals surface area contributed by atoms with Crippen LogP contribution < -0.4 is 5.32 Å². The van der Waals surface area contributed by atoms with E-state index in [0.717, 1.165) is 0 Å². The fraction of sp³-hybridized carbons (Fsp3) is 0.727. The zero-order chi connectivity index (χ0) is 12.9. The minimum absolute atomic E-state index is 0.0958. The van der Waals surface area contributed by atoms with Crippen molar-refractivity contribution in [2.75, 3.05) is 13.2 Å². The van der Waals surface area contributed by atoms with Gasteiger partial charge in [0.2, 0.25) is 5.91 Å². The third kappa shape index (κ3) is 4.14. The summed E-state index contributed by atoms with van der Waals surface area (Å²) in [5.74, 6) is -0.0958. The van der Waals surface area contributed by atoms with E-state index >= 15 is 0 Å². The normalized spacial score (nSPS) is 13.4. The van der Waals surface area contributed by atoms with Crippen LogP contribution in [0, 0.1) is 5.41 Å². The number of aliphatic hydroxyl groups excluding tert-OH is 1. The number of nitrogens with one attached hydrogen (secondary N) is 1. The average Bonchev–Trinajstić information content (AvgIpc) is 2.78. The van der Waals surface area contributed by atoms with E-state index in [4.69, 9.17) is 5.11 Å². The molecule has 0 fully saturated rings. The highest BCUT2D eigenvalue weighted by Crippen LogP contribution is 2.18. The summed E-state index contributed by atoms with van der Waals surface area (Å²) in [6.45, 7) is 6.43. The summed E-state index contributed by atoms with van der Waals surface area (Å²) in [7, 11) is 0. The van der Waals surface area contributed by atoms with Gasteiger partial charge in [-0.3, -0.25) is 4.79 Å². The van der Waals surface area contributed by atoms with Crippen LogP contribution in [0.3, 0.4) is 0 Å². The van der Waals surface area contributed by atoms with Crippen LogP contribution in [-0.4, -0.2) is 38.9 Å². The molecule has 17 heavy (non-hydrogen) atoms. The second-order valence-corrected chi connectivity index (χ2v) is 4.91. The third-order valence-corrected chi connectivity index (χ3v) is 2.74. The van der Waals surface area contributed by atoms with Crippen molar-refractivity contribution >= 4 is 5.91 Å². The molecule has 0 bridgehead atoms. The molecule has 6 nitrogen and oxygen atoms in total. The number of carbonyl (C=O) groups excluding carboxylic acids is 1. The molecule has 2 N–H and O–H groups in total. The van der Waals surface area contributed by atoms with Gasteiger partial charge >= 0.3 is 0 Å². The van der Waals surface area contributed by atoms with Gasteiger partial charge in [-0.1, -0.05) is 13.8 Å². The summed E-state index contributed by atoms with van der Waals surface area (Å²) >= 11 is 0. The van der Waals surface area contributed by atoms with Gasteiger partial charge in [-0.2, -0.15) is 5.10 Å². The van der Waals surface area contributed by atoms with Gasteiger partial charge in [-0.25, -0.2) is 9.67 Å². The zero-order valence-electron chi connectivity index (χ0n) is 10.6. The first-order valence-corrected chi connectivity index (χ1v) is 5.69. The van der Waals surface area contributed by atoms with E-state index < -0.39 is 0 Å². The lowest BCUT2D eigenvalue weighted by Crippen LogP contribution is -2.38. The molecule has 0 saturated heterocycles. The SMILES string of the molecule is CC(C(=O)NCC(C)(C)CCO)n1cncn1. The molecular formula is C11H20N4O2. The first-order chi connectivity index (χ1) is 7.96. The summed E-state index contributed by atoms with van der Waals surface area (Å²) in [6, 6.07) is -0.373. The molecule has 0 spiro atoms. The average molecular weight is 240 g/mol. The van der Waals surface area contributed by atoms with Crippen molar-refractivity contribution < 1.29 is 9.90 Å². The van der Waals surface area contributed by atoms with E-state index in [1.807, 2.05) is 13.8 Å². The van der Waals surface area contributed by atoms with Crippen LogP contribution in [-0.2, 0) is 4.79 Å². The Balaban J connectivity index is 2.45. The molecule has 0 aliphatic heterocycles. The number of aliphatic hydroxyl groups is 1. The Morgan fingerprint density at radius 3 is 2.82 bits per heavy atom. The topological polar surface area (TPSA) is 80.0 Å². The van der Waals surface area contributed by atoms with Gasteiger partial charge in [0.25, 0.3) is 0 Å². The molecule has 1 unspecified atom stereocenters. The Labute approximate surface area is 101 Å². The highest BCUT2D eigenvalue weighted by Gasteiger charge is 2.21. The van der Waals surface area contributed by atoms with Crippen LogP contribution in [0.15, 0.2) is 12.7 Å². The van der Waals surface area contributed by atoms with Gasteiger partial charge in [0.15, 0.2) is 0 Å². The van der Waals surface area contributed by atoms with Crippen LogP contribution >= 0.6 is 0 Å². The smallest absolute Gasteiger partial charge is 0.244 e. The first kappa shape index (κ1) is 13.6. The first-order valence-electron chi connectivity index (χ1n) is 5.69. The van der Waals surface area contributed by atoms with Crippen LogP contribution in [0.25, 0.3) is 0 Å². The summed E-state index contributed by atoms with van der Waals surface area (Å²) < 4.78 is 1.51. The lowest BCUT2D eigenvalue weighted by atomic mass is 9.90. The summed E-state index contributed by atoms with van der Waals surface area (Å²) in [6.07, 6.45) is 3.58. The van der Waals surface area contributed by atoms with Gasteiger partial charge in [0.1, 0.15) is 18.7 Å². The molecule has 0 aliphatic carbocycles. The Hall–Kier alpha value is -1.43. The lowest BCUT2D eigenvalue weighted by molar-refractivity contribution is -0.124. The fourth-order valence-electron chi connectivity index (χ4n) is 1.40. The van der Waals surface area contributed by atoms with E-state index in [1.54, 1.807) is 6.92 Å². The van der Waals surface area contributed by atoms with Crippen molar-refractivity contribution in [2.45, 2.75) is 33.2 Å². The number of hydrogen-bond acceptors (Lipinski definition) is 4. The molecule has 1 rings (SSSR count). The van der Waals surface area contributed by atoms with E-state index in [0.29, 0.717) is 13.0 Å². The van der Waals surface area contributed by atoms with Crippen LogP contribution in [0.1, 0.15) is 33.2 Å². The minimum atomic E-state index is -0.373. The molecule has 0 radical (unpaired) electrons. The van der Waals surface area contributed by atoms with E-state index in [2.05, 4.69) is 15.4 Å². The van der Waals surface area contributed by atoms with E-state index in [9.17, 15) is 4.79 Å². The van der Waals surface area contributed by atoms with Crippen LogP contribution in [0.5, 0.6) is 0 Å². The Morgan fingerprint density at radius 1 is 1.59 bits per heavy atom. The Morgan fingerprint density at radius 2 is 2.29 bits per heavy atom. The molecular weight excluding hydrogens is 220 g/mol. The molecule has 96 valence electrons. The van der Waals surface area contributed by atoms with Gasteiger partial charge in [-0.05, 0) is 18.8 Å². The molecule has 6 heteroatoms. The van der Waals surface area contributed by atoms with Gasteiger partial charge in [0.05, 0.1) is 0 Å². The molecule has 0 aromatic carbocycles. The van der Waals surface area contributed by atoms with Crippen molar-refractivity contribution in [1.29, 1.82) is 0 Å². The highest BCUT2D eigenvalue weighted by atomic mass is 16.3. The zero-order valence-corrected chi connectivity index (χ0v) is 10.6. The van der Waals surface area contributed by atoms with Crippen molar-refractivity contribution in [2.24, 2.45) is 5.41 Å². The van der Waals surface area contributed by atoms with Gasteiger partial charge in [-0.15, -0.1) is 0 Å². The number of carbonyl (C=O) groups is 1. The number of amides is 1. The standard InChI is InChI=1S/C11H20N4O2/c1-9(15-8-12-7-14-15)10(17)13-6-11(2,3)4-5-16/h7-9,16H,4-6H2,1-3H3,(H,13,17). The molecule has 0 aliphatic rings. The maximum Gasteiger partial charge on any atom is 0.244 e. The predicted molar refractivity (Wildman–Crippen MR) is 63.2 cm³/mol. The maximum absolute atomic E-state index is 11.8. The quantitative estimate of drug-likeness (QED) is 0.752. The highest BCUT2D eigenvalue weighted by molar-refractivity contribution is 5.79. The van der Waals surface area contributed by atoms with Crippen molar-refractivity contribution in [3.8, 4) is 0 Å². The number of nitrogens with zero attached hydrogens (tertiary/aromatic N) is 3.